The SMILES string of the molecule is O=C1CSC(c2cccc([N+](=O)[O-])c2)N1c1noc2ccc(Br)cc12. The van der Waals surface area contributed by atoms with Gasteiger partial charge in [0, 0.05) is 16.6 Å². The van der Waals surface area contributed by atoms with Gasteiger partial charge in [0.25, 0.3) is 5.69 Å². The zero-order chi connectivity index (χ0) is 17.6. The molecule has 0 saturated carbocycles. The summed E-state index contributed by atoms with van der Waals surface area (Å²) in [7, 11) is 0. The summed E-state index contributed by atoms with van der Waals surface area (Å²) < 4.78 is 6.17. The van der Waals surface area contributed by atoms with Crippen molar-refractivity contribution in [3.8, 4) is 0 Å². The Kier molecular flexibility index (Phi) is 3.97. The van der Waals surface area contributed by atoms with Gasteiger partial charge in [-0.1, -0.05) is 33.2 Å². The summed E-state index contributed by atoms with van der Waals surface area (Å²) in [6, 6.07) is 11.7. The molecule has 2 heterocycles. The highest BCUT2D eigenvalue weighted by Crippen LogP contribution is 2.44. The molecule has 4 rings (SSSR count). The highest BCUT2D eigenvalue weighted by Gasteiger charge is 2.37. The van der Waals surface area contributed by atoms with Crippen LogP contribution in [0.5, 0.6) is 0 Å². The van der Waals surface area contributed by atoms with Crippen LogP contribution < -0.4 is 4.90 Å². The topological polar surface area (TPSA) is 89.5 Å². The summed E-state index contributed by atoms with van der Waals surface area (Å²) in [6.07, 6.45) is 0. The van der Waals surface area contributed by atoms with Crippen LogP contribution in [0.2, 0.25) is 0 Å². The standard InChI is InChI=1S/C16H10BrN3O4S/c17-10-4-5-13-12(7-10)15(18-24-13)19-14(21)8-25-16(19)9-2-1-3-11(6-9)20(22)23/h1-7,16H,8H2. The molecule has 1 saturated heterocycles. The van der Waals surface area contributed by atoms with E-state index in [1.165, 1.54) is 23.9 Å². The molecule has 0 N–H and O–H groups in total. The zero-order valence-corrected chi connectivity index (χ0v) is 15.0. The van der Waals surface area contributed by atoms with Gasteiger partial charge >= 0.3 is 0 Å². The Hall–Kier alpha value is -2.39. The lowest BCUT2D eigenvalue weighted by atomic mass is 10.1. The average Bonchev–Trinajstić information content (AvgIpc) is 3.17. The molecule has 1 aliphatic rings. The minimum Gasteiger partial charge on any atom is -0.354 e. The predicted molar refractivity (Wildman–Crippen MR) is 97.5 cm³/mol. The van der Waals surface area contributed by atoms with Crippen LogP contribution in [-0.2, 0) is 4.79 Å². The quantitative estimate of drug-likeness (QED) is 0.464. The smallest absolute Gasteiger partial charge is 0.269 e. The van der Waals surface area contributed by atoms with Crippen molar-refractivity contribution in [2.45, 2.75) is 5.37 Å². The van der Waals surface area contributed by atoms with Crippen LogP contribution in [0, 0.1) is 10.1 Å². The number of anilines is 1. The molecular formula is C16H10BrN3O4S. The third-order valence-electron chi connectivity index (χ3n) is 3.88. The van der Waals surface area contributed by atoms with Gasteiger partial charge in [-0.2, -0.15) is 0 Å². The number of rotatable bonds is 3. The second-order valence-electron chi connectivity index (χ2n) is 5.43. The fraction of sp³-hybridized carbons (Fsp3) is 0.125. The number of hydrogen-bond donors (Lipinski definition) is 0. The summed E-state index contributed by atoms with van der Waals surface area (Å²) in [5.74, 6) is 0.579. The number of hydrogen-bond acceptors (Lipinski definition) is 6. The van der Waals surface area contributed by atoms with E-state index in [1.54, 1.807) is 23.1 Å². The number of non-ortho nitro benzene ring substituents is 1. The van der Waals surface area contributed by atoms with Crippen molar-refractivity contribution in [2.75, 3.05) is 10.7 Å². The van der Waals surface area contributed by atoms with E-state index < -0.39 is 4.92 Å². The van der Waals surface area contributed by atoms with E-state index in [1.807, 2.05) is 12.1 Å². The Morgan fingerprint density at radius 1 is 1.32 bits per heavy atom. The Bertz CT molecular complexity index is 1010. The maximum absolute atomic E-state index is 12.5. The first kappa shape index (κ1) is 16.1. The number of nitro benzene ring substituents is 1. The van der Waals surface area contributed by atoms with Crippen molar-refractivity contribution in [3.63, 3.8) is 0 Å². The second kappa shape index (κ2) is 6.16. The molecule has 1 atom stereocenters. The lowest BCUT2D eigenvalue weighted by molar-refractivity contribution is -0.384. The third-order valence-corrected chi connectivity index (χ3v) is 5.58. The molecule has 2 aromatic carbocycles. The molecule has 1 amide bonds. The van der Waals surface area contributed by atoms with Gasteiger partial charge in [0.05, 0.1) is 16.1 Å². The summed E-state index contributed by atoms with van der Waals surface area (Å²) in [4.78, 5) is 24.6. The first-order chi connectivity index (χ1) is 12.0. The van der Waals surface area contributed by atoms with E-state index in [2.05, 4.69) is 21.1 Å². The van der Waals surface area contributed by atoms with E-state index in [9.17, 15) is 14.9 Å². The number of carbonyl (C=O) groups excluding carboxylic acids is 1. The molecule has 3 aromatic rings. The number of fused-ring (bicyclic) bond motifs is 1. The lowest BCUT2D eigenvalue weighted by Crippen LogP contribution is -2.28. The Labute approximate surface area is 154 Å². The molecule has 25 heavy (non-hydrogen) atoms. The van der Waals surface area contributed by atoms with Crippen LogP contribution in [0.25, 0.3) is 11.0 Å². The largest absolute Gasteiger partial charge is 0.354 e. The van der Waals surface area contributed by atoms with Crippen LogP contribution in [0.1, 0.15) is 10.9 Å². The van der Waals surface area contributed by atoms with Crippen LogP contribution >= 0.6 is 27.7 Å². The monoisotopic (exact) mass is 419 g/mol. The summed E-state index contributed by atoms with van der Waals surface area (Å²) in [5.41, 5.74) is 1.24. The Balaban J connectivity index is 1.81. The fourth-order valence-electron chi connectivity index (χ4n) is 2.76. The highest BCUT2D eigenvalue weighted by atomic mass is 79.9. The number of halogens is 1. The molecule has 0 spiro atoms. The van der Waals surface area contributed by atoms with Gasteiger partial charge in [-0.05, 0) is 23.8 Å². The van der Waals surface area contributed by atoms with Crippen molar-refractivity contribution in [1.82, 2.24) is 5.16 Å². The predicted octanol–water partition coefficient (Wildman–Crippen LogP) is 4.28. The van der Waals surface area contributed by atoms with Crippen molar-refractivity contribution < 1.29 is 14.2 Å². The van der Waals surface area contributed by atoms with Crippen LogP contribution in [0.3, 0.4) is 0 Å². The Morgan fingerprint density at radius 2 is 2.16 bits per heavy atom. The number of aromatic nitrogens is 1. The second-order valence-corrected chi connectivity index (χ2v) is 7.41. The number of nitro groups is 1. The van der Waals surface area contributed by atoms with Gasteiger partial charge in [0.2, 0.25) is 5.91 Å². The third kappa shape index (κ3) is 2.79. The van der Waals surface area contributed by atoms with Crippen LogP contribution in [-0.4, -0.2) is 21.7 Å². The maximum Gasteiger partial charge on any atom is 0.269 e. The first-order valence-corrected chi connectivity index (χ1v) is 9.12. The zero-order valence-electron chi connectivity index (χ0n) is 12.6. The number of benzene rings is 2. The van der Waals surface area contributed by atoms with Gasteiger partial charge in [-0.3, -0.25) is 19.8 Å². The molecule has 126 valence electrons. The molecule has 1 fully saturated rings. The number of carbonyl (C=O) groups is 1. The molecule has 1 unspecified atom stereocenters. The van der Waals surface area contributed by atoms with E-state index in [0.29, 0.717) is 22.4 Å². The molecule has 9 heteroatoms. The van der Waals surface area contributed by atoms with Crippen molar-refractivity contribution >= 4 is 56.1 Å². The molecule has 1 aliphatic heterocycles. The minimum absolute atomic E-state index is 0.00912. The fourth-order valence-corrected chi connectivity index (χ4v) is 4.27. The van der Waals surface area contributed by atoms with E-state index >= 15 is 0 Å². The van der Waals surface area contributed by atoms with Crippen molar-refractivity contribution in [2.24, 2.45) is 0 Å². The van der Waals surface area contributed by atoms with Gasteiger partial charge in [0.1, 0.15) is 5.37 Å². The van der Waals surface area contributed by atoms with E-state index in [-0.39, 0.29) is 22.7 Å². The lowest BCUT2D eigenvalue weighted by Gasteiger charge is -2.21. The highest BCUT2D eigenvalue weighted by molar-refractivity contribution is 9.10. The average molecular weight is 420 g/mol. The molecule has 0 aliphatic carbocycles. The summed E-state index contributed by atoms with van der Waals surface area (Å²) in [6.45, 7) is 0. The van der Waals surface area contributed by atoms with E-state index in [0.717, 1.165) is 4.47 Å². The van der Waals surface area contributed by atoms with Gasteiger partial charge in [0.15, 0.2) is 11.4 Å². The number of thioether (sulfide) groups is 1. The summed E-state index contributed by atoms with van der Waals surface area (Å²) in [5, 5.41) is 15.4. The van der Waals surface area contributed by atoms with Crippen molar-refractivity contribution in [3.05, 3.63) is 62.6 Å². The summed E-state index contributed by atoms with van der Waals surface area (Å²) >= 11 is 4.81. The van der Waals surface area contributed by atoms with E-state index in [4.69, 9.17) is 4.52 Å². The number of amides is 1. The van der Waals surface area contributed by atoms with Crippen molar-refractivity contribution in [1.29, 1.82) is 0 Å². The number of nitrogens with zero attached hydrogens (tertiary/aromatic N) is 3. The molecule has 7 nitrogen and oxygen atoms in total. The minimum atomic E-state index is -0.447. The van der Waals surface area contributed by atoms with Crippen LogP contribution in [0.15, 0.2) is 51.5 Å². The van der Waals surface area contributed by atoms with Gasteiger partial charge < -0.3 is 4.52 Å². The Morgan fingerprint density at radius 3 is 2.96 bits per heavy atom. The van der Waals surface area contributed by atoms with Gasteiger partial charge in [-0.15, -0.1) is 11.8 Å². The molecular weight excluding hydrogens is 410 g/mol. The van der Waals surface area contributed by atoms with Crippen LogP contribution in [0.4, 0.5) is 11.5 Å². The normalized spacial score (nSPS) is 17.4. The van der Waals surface area contributed by atoms with Gasteiger partial charge in [-0.25, -0.2) is 0 Å². The maximum atomic E-state index is 12.5. The molecule has 0 radical (unpaired) electrons. The first-order valence-electron chi connectivity index (χ1n) is 7.27. The molecule has 1 aromatic heterocycles. The molecule has 0 bridgehead atoms.